The highest BCUT2D eigenvalue weighted by atomic mass is 16.5. The molecule has 1 amide bonds. The van der Waals surface area contributed by atoms with Crippen molar-refractivity contribution in [3.63, 3.8) is 0 Å². The Bertz CT molecular complexity index is 791. The highest BCUT2D eigenvalue weighted by Gasteiger charge is 2.39. The van der Waals surface area contributed by atoms with E-state index >= 15 is 0 Å². The van der Waals surface area contributed by atoms with Gasteiger partial charge in [0.2, 0.25) is 5.78 Å². The average Bonchev–Trinajstić information content (AvgIpc) is 2.59. The predicted octanol–water partition coefficient (Wildman–Crippen LogP) is 1.66. The molecule has 138 valence electrons. The number of methoxy groups -OCH3 is 1. The lowest BCUT2D eigenvalue weighted by molar-refractivity contribution is -0.140. The number of carbonyl (C=O) groups is 4. The smallest absolute Gasteiger partial charge is 0.357 e. The maximum absolute atomic E-state index is 12.5. The molecule has 0 fully saturated rings. The number of hydrogen-bond acceptors (Lipinski definition) is 7. The molecule has 0 heterocycles. The molecule has 8 nitrogen and oxygen atoms in total. The van der Waals surface area contributed by atoms with Crippen LogP contribution in [0.4, 0.5) is 5.69 Å². The lowest BCUT2D eigenvalue weighted by Crippen LogP contribution is -2.42. The Hall–Kier alpha value is -3.29. The van der Waals surface area contributed by atoms with Crippen LogP contribution in [0.1, 0.15) is 19.4 Å². The van der Waals surface area contributed by atoms with Crippen LogP contribution >= 0.6 is 0 Å². The first-order valence-corrected chi connectivity index (χ1v) is 7.62. The van der Waals surface area contributed by atoms with Crippen molar-refractivity contribution in [3.8, 4) is 0 Å². The molecule has 0 radical (unpaired) electrons. The number of para-hydroxylation sites is 1. The van der Waals surface area contributed by atoms with Gasteiger partial charge in [-0.15, -0.1) is 0 Å². The van der Waals surface area contributed by atoms with Crippen molar-refractivity contribution < 1.29 is 29.1 Å². The van der Waals surface area contributed by atoms with Crippen LogP contribution in [-0.2, 0) is 23.9 Å². The van der Waals surface area contributed by atoms with Crippen molar-refractivity contribution in [2.24, 2.45) is 11.1 Å². The number of esters is 1. The summed E-state index contributed by atoms with van der Waals surface area (Å²) in [6, 6.07) is 6.71. The van der Waals surface area contributed by atoms with Gasteiger partial charge in [-0.25, -0.2) is 4.79 Å². The number of Topliss-reactive ketones (excluding diaryl/α,β-unsaturated/α-hetero) is 1. The normalized spacial score (nSPS) is 11.9. The monoisotopic (exact) mass is 360 g/mol. The Morgan fingerprint density at radius 2 is 1.81 bits per heavy atom. The van der Waals surface area contributed by atoms with Crippen LogP contribution in [0.25, 0.3) is 0 Å². The van der Waals surface area contributed by atoms with E-state index in [1.165, 1.54) is 0 Å². The van der Waals surface area contributed by atoms with Gasteiger partial charge in [-0.1, -0.05) is 28.9 Å². The first-order chi connectivity index (χ1) is 12.2. The predicted molar refractivity (Wildman–Crippen MR) is 94.0 cm³/mol. The third-order valence-corrected chi connectivity index (χ3v) is 3.37. The second kappa shape index (κ2) is 9.26. The summed E-state index contributed by atoms with van der Waals surface area (Å²) in [5.41, 5.74) is 0.749. The van der Waals surface area contributed by atoms with E-state index in [2.05, 4.69) is 15.2 Å². The molecule has 1 rings (SSSR count). The summed E-state index contributed by atoms with van der Waals surface area (Å²) in [6.45, 7) is 4.92. The number of oxime groups is 1. The molecule has 0 unspecified atom stereocenters. The highest BCUT2D eigenvalue weighted by molar-refractivity contribution is 6.56. The van der Waals surface area contributed by atoms with Crippen LogP contribution in [0, 0.1) is 12.8 Å². The van der Waals surface area contributed by atoms with E-state index in [-0.39, 0.29) is 0 Å². The fraction of sp³-hybridized carbons (Fsp3) is 0.278. The number of rotatable bonds is 7. The summed E-state index contributed by atoms with van der Waals surface area (Å²) in [5.74, 6) is -6.33. The zero-order valence-corrected chi connectivity index (χ0v) is 14.9. The molecule has 0 aliphatic rings. The number of ether oxygens (including phenoxy) is 1. The van der Waals surface area contributed by atoms with Gasteiger partial charge < -0.3 is 15.3 Å². The van der Waals surface area contributed by atoms with Crippen molar-refractivity contribution in [1.82, 2.24) is 0 Å². The van der Waals surface area contributed by atoms with Gasteiger partial charge in [0.15, 0.2) is 11.5 Å². The molecule has 8 heteroatoms. The van der Waals surface area contributed by atoms with E-state index in [4.69, 9.17) is 5.21 Å². The number of hydrogen-bond donors (Lipinski definition) is 2. The van der Waals surface area contributed by atoms with Gasteiger partial charge >= 0.3 is 5.97 Å². The number of benzene rings is 1. The minimum atomic E-state index is -1.91. The fourth-order valence-corrected chi connectivity index (χ4v) is 2.11. The van der Waals surface area contributed by atoms with Crippen molar-refractivity contribution in [2.75, 3.05) is 12.4 Å². The van der Waals surface area contributed by atoms with Gasteiger partial charge in [-0.05, 0) is 38.5 Å². The molecule has 0 saturated carbocycles. The maximum atomic E-state index is 12.5. The highest BCUT2D eigenvalue weighted by Crippen LogP contribution is 2.15. The van der Waals surface area contributed by atoms with Gasteiger partial charge in [-0.3, -0.25) is 14.4 Å². The summed E-state index contributed by atoms with van der Waals surface area (Å²) >= 11 is 0. The Balaban J connectivity index is 3.24. The minimum Gasteiger partial charge on any atom is -0.464 e. The quantitative estimate of drug-likeness (QED) is 0.145. The van der Waals surface area contributed by atoms with Crippen LogP contribution in [0.15, 0.2) is 41.1 Å². The van der Waals surface area contributed by atoms with Gasteiger partial charge in [0.25, 0.3) is 5.91 Å². The summed E-state index contributed by atoms with van der Waals surface area (Å²) in [6.07, 6.45) is 1.08. The third kappa shape index (κ3) is 5.10. The first kappa shape index (κ1) is 20.8. The summed E-state index contributed by atoms with van der Waals surface area (Å²) < 4.78 is 4.42. The molecule has 2 N–H and O–H groups in total. The van der Waals surface area contributed by atoms with Crippen LogP contribution in [0.2, 0.25) is 0 Å². The second-order valence-corrected chi connectivity index (χ2v) is 5.67. The van der Waals surface area contributed by atoms with Crippen LogP contribution in [0.3, 0.4) is 0 Å². The van der Waals surface area contributed by atoms with E-state index in [1.807, 2.05) is 0 Å². The van der Waals surface area contributed by atoms with Crippen molar-refractivity contribution in [1.29, 1.82) is 0 Å². The second-order valence-electron chi connectivity index (χ2n) is 5.67. The van der Waals surface area contributed by atoms with Crippen molar-refractivity contribution in [2.45, 2.75) is 20.8 Å². The number of anilines is 1. The summed E-state index contributed by atoms with van der Waals surface area (Å²) in [4.78, 5) is 49.0. The SMILES string of the molecule is COC(=O)/C(=N\O)[C@@H](C(=O)C=C(C)C)C(=O)C(=O)Nc1ccccc1C. The Morgan fingerprint density at radius 3 is 2.31 bits per heavy atom. The number of aryl methyl sites for hydroxylation is 1. The van der Waals surface area contributed by atoms with Crippen molar-refractivity contribution in [3.05, 3.63) is 41.5 Å². The largest absolute Gasteiger partial charge is 0.464 e. The molecule has 0 spiro atoms. The number of ketones is 2. The lowest BCUT2D eigenvalue weighted by Gasteiger charge is -2.14. The van der Waals surface area contributed by atoms with Crippen molar-refractivity contribution >= 4 is 34.8 Å². The molecule has 1 atom stereocenters. The van der Waals surface area contributed by atoms with E-state index in [0.29, 0.717) is 16.8 Å². The number of allylic oxidation sites excluding steroid dienone is 2. The average molecular weight is 360 g/mol. The first-order valence-electron chi connectivity index (χ1n) is 7.62. The van der Waals surface area contributed by atoms with E-state index in [9.17, 15) is 19.2 Å². The molecular weight excluding hydrogens is 340 g/mol. The zero-order valence-electron chi connectivity index (χ0n) is 14.9. The zero-order chi connectivity index (χ0) is 19.9. The molecule has 0 bridgehead atoms. The van der Waals surface area contributed by atoms with Gasteiger partial charge in [-0.2, -0.15) is 0 Å². The van der Waals surface area contributed by atoms with Gasteiger partial charge in [0.1, 0.15) is 5.92 Å². The molecule has 0 saturated heterocycles. The molecular formula is C18H20N2O6. The third-order valence-electron chi connectivity index (χ3n) is 3.37. The summed E-state index contributed by atoms with van der Waals surface area (Å²) in [7, 11) is 0.994. The van der Waals surface area contributed by atoms with E-state index < -0.39 is 35.1 Å². The number of amides is 1. The van der Waals surface area contributed by atoms with Crippen LogP contribution in [-0.4, -0.2) is 41.5 Å². The topological polar surface area (TPSA) is 122 Å². The molecule has 0 aliphatic heterocycles. The number of nitrogens with zero attached hydrogens (tertiary/aromatic N) is 1. The van der Waals surface area contributed by atoms with E-state index in [0.717, 1.165) is 13.2 Å². The number of nitrogens with one attached hydrogen (secondary N) is 1. The minimum absolute atomic E-state index is 0.375. The van der Waals surface area contributed by atoms with Gasteiger partial charge in [0, 0.05) is 5.69 Å². The van der Waals surface area contributed by atoms with Crippen LogP contribution < -0.4 is 5.32 Å². The van der Waals surface area contributed by atoms with Gasteiger partial charge in [0.05, 0.1) is 7.11 Å². The number of carbonyl (C=O) groups excluding carboxylic acids is 4. The molecule has 0 aromatic heterocycles. The molecule has 0 aliphatic carbocycles. The lowest BCUT2D eigenvalue weighted by atomic mass is 9.91. The molecule has 26 heavy (non-hydrogen) atoms. The van der Waals surface area contributed by atoms with E-state index in [1.54, 1.807) is 45.0 Å². The van der Waals surface area contributed by atoms with Crippen LogP contribution in [0.5, 0.6) is 0 Å². The standard InChI is InChI=1S/C18H20N2O6/c1-10(2)9-13(21)14(15(20-25)18(24)26-4)16(22)17(23)19-12-8-6-5-7-11(12)3/h5-9,14,25H,1-4H3,(H,19,23)/b20-15-/t14-/m1/s1. The fourth-order valence-electron chi connectivity index (χ4n) is 2.11. The molecule has 1 aromatic rings. The Morgan fingerprint density at radius 1 is 1.19 bits per heavy atom. The Kier molecular flexibility index (Phi) is 7.39. The Labute approximate surface area is 150 Å². The maximum Gasteiger partial charge on any atom is 0.357 e. The molecule has 1 aromatic carbocycles. The summed E-state index contributed by atoms with van der Waals surface area (Å²) in [5, 5.41) is 14.2.